The Hall–Kier alpha value is -3.80. The minimum Gasteiger partial charge on any atom is -0.483 e. The average Bonchev–Trinajstić information content (AvgIpc) is 2.76. The molecular formula is C24H23N3O3. The number of nitrogens with one attached hydrogen (secondary N) is 2. The molecule has 3 aromatic rings. The Morgan fingerprint density at radius 2 is 1.70 bits per heavy atom. The zero-order chi connectivity index (χ0) is 21.1. The summed E-state index contributed by atoms with van der Waals surface area (Å²) < 4.78 is 5.63. The molecule has 0 saturated carbocycles. The Balaban J connectivity index is 1.56. The van der Waals surface area contributed by atoms with Gasteiger partial charge in [-0.1, -0.05) is 60.2 Å². The second kappa shape index (κ2) is 8.29. The molecule has 30 heavy (non-hydrogen) atoms. The Morgan fingerprint density at radius 1 is 1.00 bits per heavy atom. The first-order chi connectivity index (χ1) is 14.5. The number of amides is 2. The topological polar surface area (TPSA) is 70.7 Å². The van der Waals surface area contributed by atoms with Gasteiger partial charge >= 0.3 is 0 Å². The summed E-state index contributed by atoms with van der Waals surface area (Å²) in [6, 6.07) is 22.6. The Labute approximate surface area is 175 Å². The summed E-state index contributed by atoms with van der Waals surface area (Å²) in [7, 11) is 0. The third kappa shape index (κ3) is 3.98. The van der Waals surface area contributed by atoms with Crippen molar-refractivity contribution in [3.05, 3.63) is 95.1 Å². The monoisotopic (exact) mass is 401 g/mol. The maximum absolute atomic E-state index is 13.2. The first-order valence-electron chi connectivity index (χ1n) is 9.76. The van der Waals surface area contributed by atoms with E-state index in [4.69, 9.17) is 4.74 Å². The SMILES string of the molecule is Cc1ccc(C2Nc3ccccc3C(=O)N2NC(=O)COc2ccccc2C)cc1. The van der Waals surface area contributed by atoms with Gasteiger partial charge in [0.2, 0.25) is 0 Å². The standard InChI is InChI=1S/C24H23N3O3/c1-16-11-13-18(14-12-16)23-25-20-9-5-4-8-19(20)24(29)27(23)26-22(28)15-30-21-10-6-3-7-17(21)2/h3-14,23,25H,15H2,1-2H3,(H,26,28). The van der Waals surface area contributed by atoms with E-state index in [2.05, 4.69) is 10.7 Å². The maximum Gasteiger partial charge on any atom is 0.276 e. The fourth-order valence-electron chi connectivity index (χ4n) is 3.38. The molecule has 6 nitrogen and oxygen atoms in total. The van der Waals surface area contributed by atoms with E-state index in [1.165, 1.54) is 5.01 Å². The molecule has 1 heterocycles. The second-order valence-electron chi connectivity index (χ2n) is 7.27. The number of anilines is 1. The van der Waals surface area contributed by atoms with Crippen molar-refractivity contribution < 1.29 is 14.3 Å². The number of rotatable bonds is 5. The van der Waals surface area contributed by atoms with Crippen LogP contribution in [0.3, 0.4) is 0 Å². The lowest BCUT2D eigenvalue weighted by molar-refractivity contribution is -0.127. The smallest absolute Gasteiger partial charge is 0.276 e. The first kappa shape index (κ1) is 19.5. The number of hydrogen-bond donors (Lipinski definition) is 2. The molecule has 2 N–H and O–H groups in total. The Morgan fingerprint density at radius 3 is 2.47 bits per heavy atom. The number of hydrogen-bond acceptors (Lipinski definition) is 4. The molecule has 0 fully saturated rings. The molecular weight excluding hydrogens is 378 g/mol. The predicted octanol–water partition coefficient (Wildman–Crippen LogP) is 3.98. The van der Waals surface area contributed by atoms with E-state index in [-0.39, 0.29) is 12.5 Å². The number of hydrazine groups is 1. The van der Waals surface area contributed by atoms with Crippen molar-refractivity contribution >= 4 is 17.5 Å². The summed E-state index contributed by atoms with van der Waals surface area (Å²) in [5, 5.41) is 4.68. The lowest BCUT2D eigenvalue weighted by Crippen LogP contribution is -2.53. The van der Waals surface area contributed by atoms with Gasteiger partial charge in [0.05, 0.1) is 5.56 Å². The van der Waals surface area contributed by atoms with Crippen molar-refractivity contribution in [1.29, 1.82) is 0 Å². The van der Waals surface area contributed by atoms with Crippen molar-refractivity contribution in [1.82, 2.24) is 10.4 Å². The zero-order valence-corrected chi connectivity index (χ0v) is 16.9. The van der Waals surface area contributed by atoms with Crippen LogP contribution in [0.15, 0.2) is 72.8 Å². The van der Waals surface area contributed by atoms with Gasteiger partial charge in [0, 0.05) is 5.69 Å². The number of carbonyl (C=O) groups excluding carboxylic acids is 2. The van der Waals surface area contributed by atoms with Crippen LogP contribution in [0.25, 0.3) is 0 Å². The van der Waals surface area contributed by atoms with Crippen molar-refractivity contribution in [3.8, 4) is 5.75 Å². The average molecular weight is 401 g/mol. The van der Waals surface area contributed by atoms with Crippen LogP contribution in [0.2, 0.25) is 0 Å². The van der Waals surface area contributed by atoms with Gasteiger partial charge in [-0.05, 0) is 43.2 Å². The molecule has 1 aliphatic heterocycles. The van der Waals surface area contributed by atoms with Crippen LogP contribution in [0.4, 0.5) is 5.69 Å². The minimum atomic E-state index is -0.532. The van der Waals surface area contributed by atoms with Crippen LogP contribution in [0.5, 0.6) is 5.75 Å². The van der Waals surface area contributed by atoms with E-state index >= 15 is 0 Å². The van der Waals surface area contributed by atoms with Crippen molar-refractivity contribution in [2.75, 3.05) is 11.9 Å². The van der Waals surface area contributed by atoms with Crippen LogP contribution < -0.4 is 15.5 Å². The Bertz CT molecular complexity index is 1080. The summed E-state index contributed by atoms with van der Waals surface area (Å²) in [4.78, 5) is 25.8. The van der Waals surface area contributed by atoms with Gasteiger partial charge in [0.15, 0.2) is 6.61 Å². The third-order valence-electron chi connectivity index (χ3n) is 5.02. The molecule has 0 aromatic heterocycles. The van der Waals surface area contributed by atoms with Crippen molar-refractivity contribution in [2.24, 2.45) is 0 Å². The fourth-order valence-corrected chi connectivity index (χ4v) is 3.38. The molecule has 1 atom stereocenters. The quantitative estimate of drug-likeness (QED) is 0.678. The molecule has 1 unspecified atom stereocenters. The van der Waals surface area contributed by atoms with E-state index in [1.54, 1.807) is 12.1 Å². The van der Waals surface area contributed by atoms with Gasteiger partial charge in [0.25, 0.3) is 11.8 Å². The van der Waals surface area contributed by atoms with E-state index in [0.717, 1.165) is 22.4 Å². The molecule has 2 amide bonds. The van der Waals surface area contributed by atoms with Crippen molar-refractivity contribution in [2.45, 2.75) is 20.0 Å². The van der Waals surface area contributed by atoms with E-state index in [9.17, 15) is 9.59 Å². The van der Waals surface area contributed by atoms with Gasteiger partial charge < -0.3 is 10.1 Å². The molecule has 0 bridgehead atoms. The molecule has 0 radical (unpaired) electrons. The fraction of sp³-hybridized carbons (Fsp3) is 0.167. The van der Waals surface area contributed by atoms with E-state index < -0.39 is 12.1 Å². The number of fused-ring (bicyclic) bond motifs is 1. The summed E-state index contributed by atoms with van der Waals surface area (Å²) in [6.07, 6.45) is -0.532. The molecule has 3 aromatic carbocycles. The minimum absolute atomic E-state index is 0.198. The number of aryl methyl sites for hydroxylation is 2. The summed E-state index contributed by atoms with van der Waals surface area (Å²) in [5.41, 5.74) is 6.87. The van der Waals surface area contributed by atoms with Crippen LogP contribution in [0, 0.1) is 13.8 Å². The van der Waals surface area contributed by atoms with Gasteiger partial charge in [-0.2, -0.15) is 0 Å². The van der Waals surface area contributed by atoms with Gasteiger partial charge in [0.1, 0.15) is 11.9 Å². The largest absolute Gasteiger partial charge is 0.483 e. The lowest BCUT2D eigenvalue weighted by atomic mass is 10.0. The van der Waals surface area contributed by atoms with Crippen LogP contribution in [0.1, 0.15) is 33.2 Å². The number of ether oxygens (including phenoxy) is 1. The van der Waals surface area contributed by atoms with Crippen LogP contribution >= 0.6 is 0 Å². The molecule has 0 spiro atoms. The maximum atomic E-state index is 13.2. The second-order valence-corrected chi connectivity index (χ2v) is 7.27. The zero-order valence-electron chi connectivity index (χ0n) is 16.9. The molecule has 4 rings (SSSR count). The Kier molecular flexibility index (Phi) is 5.39. The highest BCUT2D eigenvalue weighted by Gasteiger charge is 2.34. The summed E-state index contributed by atoms with van der Waals surface area (Å²) in [6.45, 7) is 3.72. The van der Waals surface area contributed by atoms with E-state index in [1.807, 2.05) is 74.5 Å². The summed E-state index contributed by atoms with van der Waals surface area (Å²) in [5.74, 6) is -0.0553. The first-order valence-corrected chi connectivity index (χ1v) is 9.76. The normalized spacial score (nSPS) is 15.2. The molecule has 1 aliphatic rings. The third-order valence-corrected chi connectivity index (χ3v) is 5.02. The van der Waals surface area contributed by atoms with Crippen LogP contribution in [-0.4, -0.2) is 23.4 Å². The molecule has 152 valence electrons. The number of para-hydroxylation sites is 2. The highest BCUT2D eigenvalue weighted by atomic mass is 16.5. The van der Waals surface area contributed by atoms with E-state index in [0.29, 0.717) is 11.3 Å². The summed E-state index contributed by atoms with van der Waals surface area (Å²) >= 11 is 0. The van der Waals surface area contributed by atoms with Gasteiger partial charge in [-0.15, -0.1) is 0 Å². The van der Waals surface area contributed by atoms with Crippen molar-refractivity contribution in [3.63, 3.8) is 0 Å². The number of benzene rings is 3. The molecule has 0 saturated heterocycles. The highest BCUT2D eigenvalue weighted by Crippen LogP contribution is 2.31. The number of carbonyl (C=O) groups is 2. The van der Waals surface area contributed by atoms with Gasteiger partial charge in [-0.3, -0.25) is 15.0 Å². The molecule has 0 aliphatic carbocycles. The van der Waals surface area contributed by atoms with Gasteiger partial charge in [-0.25, -0.2) is 5.01 Å². The number of nitrogens with zero attached hydrogens (tertiary/aromatic N) is 1. The predicted molar refractivity (Wildman–Crippen MR) is 115 cm³/mol. The van der Waals surface area contributed by atoms with Crippen LogP contribution in [-0.2, 0) is 4.79 Å². The molecule has 6 heteroatoms. The highest BCUT2D eigenvalue weighted by molar-refractivity contribution is 6.02. The lowest BCUT2D eigenvalue weighted by Gasteiger charge is -2.37.